The van der Waals surface area contributed by atoms with Crippen LogP contribution >= 0.6 is 0 Å². The first kappa shape index (κ1) is 21.8. The van der Waals surface area contributed by atoms with Crippen LogP contribution in [0.5, 0.6) is 0 Å². The number of ketones is 1. The lowest BCUT2D eigenvalue weighted by atomic mass is 9.88. The molecule has 0 aromatic heterocycles. The first-order valence-electron chi connectivity index (χ1n) is 11.2. The number of hydrogen-bond acceptors (Lipinski definition) is 3. The highest BCUT2D eigenvalue weighted by Crippen LogP contribution is 2.22. The lowest BCUT2D eigenvalue weighted by molar-refractivity contribution is -0.136. The molecule has 1 saturated heterocycles. The van der Waals surface area contributed by atoms with E-state index in [-0.39, 0.29) is 29.9 Å². The Morgan fingerprint density at radius 2 is 1.56 bits per heavy atom. The van der Waals surface area contributed by atoms with Crippen molar-refractivity contribution in [2.75, 3.05) is 13.1 Å². The molecule has 164 valence electrons. The minimum atomic E-state index is -0.598. The van der Waals surface area contributed by atoms with Crippen LogP contribution in [-0.4, -0.2) is 41.6 Å². The van der Waals surface area contributed by atoms with Gasteiger partial charge in [0.2, 0.25) is 11.8 Å². The monoisotopic (exact) mass is 428 g/mol. The fraction of sp³-hybridized carbons (Fsp3) is 0.296. The van der Waals surface area contributed by atoms with E-state index in [4.69, 9.17) is 0 Å². The van der Waals surface area contributed by atoms with Crippen LogP contribution in [0, 0.1) is 5.92 Å². The highest BCUT2D eigenvalue weighted by molar-refractivity contribution is 5.98. The molecule has 0 saturated carbocycles. The fourth-order valence-corrected chi connectivity index (χ4v) is 4.45. The van der Waals surface area contributed by atoms with Crippen molar-refractivity contribution in [1.29, 1.82) is 0 Å². The molecule has 1 atom stereocenters. The molecule has 1 N–H and O–H groups in total. The molecule has 0 unspecified atom stereocenters. The van der Waals surface area contributed by atoms with Gasteiger partial charge in [0.1, 0.15) is 6.04 Å². The number of piperidine rings is 1. The van der Waals surface area contributed by atoms with Gasteiger partial charge in [0.25, 0.3) is 0 Å². The third kappa shape index (κ3) is 4.88. The standard InChI is InChI=1S/C27H28N2O3/c1-19(28-25(30)18-23-12-7-11-20-8-5-6-13-24(20)23)27(32)29-16-14-22(15-17-29)26(31)21-9-3-2-4-10-21/h2-13,19,22H,14-18H2,1H3,(H,28,30)/t19-/m0/s1. The van der Waals surface area contributed by atoms with Gasteiger partial charge in [-0.15, -0.1) is 0 Å². The zero-order valence-corrected chi connectivity index (χ0v) is 18.3. The van der Waals surface area contributed by atoms with Crippen LogP contribution in [0.2, 0.25) is 0 Å². The van der Waals surface area contributed by atoms with Crippen LogP contribution in [0.3, 0.4) is 0 Å². The Balaban J connectivity index is 1.30. The first-order chi connectivity index (χ1) is 15.5. The molecule has 1 heterocycles. The van der Waals surface area contributed by atoms with Gasteiger partial charge in [-0.25, -0.2) is 0 Å². The Labute approximate surface area is 188 Å². The number of benzene rings is 3. The third-order valence-electron chi connectivity index (χ3n) is 6.21. The van der Waals surface area contributed by atoms with Crippen molar-refractivity contribution in [1.82, 2.24) is 10.2 Å². The highest BCUT2D eigenvalue weighted by atomic mass is 16.2. The number of fused-ring (bicyclic) bond motifs is 1. The zero-order chi connectivity index (χ0) is 22.5. The van der Waals surface area contributed by atoms with Crippen LogP contribution < -0.4 is 5.32 Å². The summed E-state index contributed by atoms with van der Waals surface area (Å²) in [6.07, 6.45) is 1.53. The molecule has 32 heavy (non-hydrogen) atoms. The van der Waals surface area contributed by atoms with Crippen molar-refractivity contribution in [2.24, 2.45) is 5.92 Å². The van der Waals surface area contributed by atoms with Crippen molar-refractivity contribution in [3.8, 4) is 0 Å². The van der Waals surface area contributed by atoms with E-state index < -0.39 is 6.04 Å². The Bertz CT molecular complexity index is 1110. The number of hydrogen-bond donors (Lipinski definition) is 1. The van der Waals surface area contributed by atoms with E-state index in [2.05, 4.69) is 5.32 Å². The Hall–Kier alpha value is -3.47. The molecular formula is C27H28N2O3. The molecule has 0 spiro atoms. The van der Waals surface area contributed by atoms with Crippen LogP contribution in [0.4, 0.5) is 0 Å². The molecule has 3 aromatic rings. The summed E-state index contributed by atoms with van der Waals surface area (Å²) < 4.78 is 0. The average molecular weight is 429 g/mol. The molecule has 1 fully saturated rings. The number of rotatable bonds is 6. The van der Waals surface area contributed by atoms with Crippen molar-refractivity contribution in [3.05, 3.63) is 83.9 Å². The van der Waals surface area contributed by atoms with E-state index in [1.54, 1.807) is 11.8 Å². The SMILES string of the molecule is C[C@H](NC(=O)Cc1cccc2ccccc12)C(=O)N1CCC(C(=O)c2ccccc2)CC1. The van der Waals surface area contributed by atoms with Crippen molar-refractivity contribution in [3.63, 3.8) is 0 Å². The summed E-state index contributed by atoms with van der Waals surface area (Å²) >= 11 is 0. The third-order valence-corrected chi connectivity index (χ3v) is 6.21. The van der Waals surface area contributed by atoms with E-state index in [1.165, 1.54) is 0 Å². The van der Waals surface area contributed by atoms with Gasteiger partial charge in [-0.3, -0.25) is 14.4 Å². The number of Topliss-reactive ketones (excluding diaryl/α,β-unsaturated/α-hetero) is 1. The van der Waals surface area contributed by atoms with Crippen molar-refractivity contribution in [2.45, 2.75) is 32.2 Å². The summed E-state index contributed by atoms with van der Waals surface area (Å²) in [5, 5.41) is 5.00. The normalized spacial score (nSPS) is 15.3. The maximum atomic E-state index is 12.9. The summed E-state index contributed by atoms with van der Waals surface area (Å²) in [4.78, 5) is 39.9. The van der Waals surface area contributed by atoms with Gasteiger partial charge in [0.05, 0.1) is 6.42 Å². The molecule has 0 aliphatic carbocycles. The van der Waals surface area contributed by atoms with Crippen LogP contribution in [0.1, 0.15) is 35.7 Å². The summed E-state index contributed by atoms with van der Waals surface area (Å²) in [7, 11) is 0. The van der Waals surface area contributed by atoms with E-state index in [9.17, 15) is 14.4 Å². The average Bonchev–Trinajstić information content (AvgIpc) is 2.84. The molecule has 2 amide bonds. The van der Waals surface area contributed by atoms with E-state index in [0.29, 0.717) is 25.9 Å². The molecule has 4 rings (SSSR count). The van der Waals surface area contributed by atoms with Crippen LogP contribution in [0.15, 0.2) is 72.8 Å². The highest BCUT2D eigenvalue weighted by Gasteiger charge is 2.30. The molecule has 3 aromatic carbocycles. The minimum absolute atomic E-state index is 0.0577. The molecule has 5 nitrogen and oxygen atoms in total. The minimum Gasteiger partial charge on any atom is -0.344 e. The largest absolute Gasteiger partial charge is 0.344 e. The smallest absolute Gasteiger partial charge is 0.244 e. The maximum Gasteiger partial charge on any atom is 0.244 e. The maximum absolute atomic E-state index is 12.9. The number of amides is 2. The number of nitrogens with zero attached hydrogens (tertiary/aromatic N) is 1. The van der Waals surface area contributed by atoms with Gasteiger partial charge in [0, 0.05) is 24.6 Å². The Morgan fingerprint density at radius 1 is 0.906 bits per heavy atom. The van der Waals surface area contributed by atoms with Crippen molar-refractivity contribution < 1.29 is 14.4 Å². The quantitative estimate of drug-likeness (QED) is 0.604. The molecule has 0 bridgehead atoms. The summed E-state index contributed by atoms with van der Waals surface area (Å²) in [6.45, 7) is 2.79. The van der Waals surface area contributed by atoms with Crippen molar-refractivity contribution >= 4 is 28.4 Å². The molecule has 5 heteroatoms. The first-order valence-corrected chi connectivity index (χ1v) is 11.2. The van der Waals surface area contributed by atoms with E-state index >= 15 is 0 Å². The lowest BCUT2D eigenvalue weighted by Crippen LogP contribution is -2.50. The zero-order valence-electron chi connectivity index (χ0n) is 18.3. The van der Waals surface area contributed by atoms with E-state index in [1.807, 2.05) is 72.8 Å². The number of likely N-dealkylation sites (tertiary alicyclic amines) is 1. The molecule has 1 aliphatic rings. The van der Waals surface area contributed by atoms with Gasteiger partial charge in [-0.05, 0) is 36.1 Å². The summed E-state index contributed by atoms with van der Waals surface area (Å²) in [5.41, 5.74) is 1.67. The van der Waals surface area contributed by atoms with Gasteiger partial charge in [0.15, 0.2) is 5.78 Å². The molecular weight excluding hydrogens is 400 g/mol. The number of nitrogens with one attached hydrogen (secondary N) is 1. The fourth-order valence-electron chi connectivity index (χ4n) is 4.45. The predicted octanol–water partition coefficient (Wildman–Crippen LogP) is 4.01. The second-order valence-corrected chi connectivity index (χ2v) is 8.43. The second-order valence-electron chi connectivity index (χ2n) is 8.43. The Morgan fingerprint density at radius 3 is 2.31 bits per heavy atom. The Kier molecular flexibility index (Phi) is 6.64. The van der Waals surface area contributed by atoms with E-state index in [0.717, 1.165) is 21.9 Å². The van der Waals surface area contributed by atoms with Gasteiger partial charge >= 0.3 is 0 Å². The molecule has 1 aliphatic heterocycles. The summed E-state index contributed by atoms with van der Waals surface area (Å²) in [6, 6.07) is 22.6. The van der Waals surface area contributed by atoms with Crippen LogP contribution in [-0.2, 0) is 16.0 Å². The van der Waals surface area contributed by atoms with Gasteiger partial charge in [-0.2, -0.15) is 0 Å². The van der Waals surface area contributed by atoms with Gasteiger partial charge < -0.3 is 10.2 Å². The predicted molar refractivity (Wildman–Crippen MR) is 125 cm³/mol. The summed E-state index contributed by atoms with van der Waals surface area (Å²) in [5.74, 6) is -0.176. The van der Waals surface area contributed by atoms with Crippen LogP contribution in [0.25, 0.3) is 10.8 Å². The second kappa shape index (κ2) is 9.77. The number of carbonyl (C=O) groups is 3. The lowest BCUT2D eigenvalue weighted by Gasteiger charge is -2.33. The number of carbonyl (C=O) groups excluding carboxylic acids is 3. The molecule has 0 radical (unpaired) electrons. The van der Waals surface area contributed by atoms with Gasteiger partial charge in [-0.1, -0.05) is 72.8 Å². The topological polar surface area (TPSA) is 66.5 Å².